The van der Waals surface area contributed by atoms with Crippen molar-refractivity contribution in [1.29, 1.82) is 0 Å². The fraction of sp³-hybridized carbons (Fsp3) is 0.500. The van der Waals surface area contributed by atoms with E-state index >= 15 is 0 Å². The Kier molecular flexibility index (Phi) is 6.19. The molecule has 1 N–H and O–H groups in total. The highest BCUT2D eigenvalue weighted by atomic mass is 35.7. The van der Waals surface area contributed by atoms with Gasteiger partial charge in [-0.3, -0.25) is 4.79 Å². The zero-order valence-electron chi connectivity index (χ0n) is 12.6. The van der Waals surface area contributed by atoms with Crippen LogP contribution >= 0.6 is 10.7 Å². The number of aryl methyl sites for hydroxylation is 1. The first kappa shape index (κ1) is 17.9. The summed E-state index contributed by atoms with van der Waals surface area (Å²) in [6, 6.07) is 2.94. The zero-order chi connectivity index (χ0) is 16.2. The van der Waals surface area contributed by atoms with Crippen molar-refractivity contribution in [3.63, 3.8) is 0 Å². The van der Waals surface area contributed by atoms with Crippen molar-refractivity contribution in [2.24, 2.45) is 0 Å². The Morgan fingerprint density at radius 1 is 1.38 bits per heavy atom. The van der Waals surface area contributed by atoms with Crippen LogP contribution in [0.3, 0.4) is 0 Å². The van der Waals surface area contributed by atoms with Crippen molar-refractivity contribution in [2.75, 3.05) is 13.2 Å². The molecule has 1 aromatic rings. The lowest BCUT2D eigenvalue weighted by atomic mass is 10.1. The van der Waals surface area contributed by atoms with Gasteiger partial charge in [0.15, 0.2) is 0 Å². The second kappa shape index (κ2) is 7.24. The van der Waals surface area contributed by atoms with Gasteiger partial charge in [-0.25, -0.2) is 8.42 Å². The first-order valence-corrected chi connectivity index (χ1v) is 8.93. The van der Waals surface area contributed by atoms with Crippen LogP contribution in [0.2, 0.25) is 0 Å². The largest absolute Gasteiger partial charge is 0.377 e. The molecule has 0 radical (unpaired) electrons. The minimum absolute atomic E-state index is 0.0350. The van der Waals surface area contributed by atoms with Crippen LogP contribution < -0.4 is 5.32 Å². The molecule has 0 aliphatic carbocycles. The van der Waals surface area contributed by atoms with Crippen LogP contribution in [-0.2, 0) is 13.8 Å². The summed E-state index contributed by atoms with van der Waals surface area (Å²) in [5, 5.41) is 2.71. The Morgan fingerprint density at radius 3 is 2.52 bits per heavy atom. The third-order valence-electron chi connectivity index (χ3n) is 3.15. The molecule has 5 nitrogen and oxygen atoms in total. The van der Waals surface area contributed by atoms with Gasteiger partial charge in [-0.2, -0.15) is 0 Å². The molecule has 118 valence electrons. The van der Waals surface area contributed by atoms with Crippen molar-refractivity contribution in [1.82, 2.24) is 5.32 Å². The number of halogens is 1. The lowest BCUT2D eigenvalue weighted by Crippen LogP contribution is -2.32. The molecule has 0 aliphatic heterocycles. The highest BCUT2D eigenvalue weighted by Crippen LogP contribution is 2.24. The van der Waals surface area contributed by atoms with Crippen LogP contribution in [0.4, 0.5) is 0 Å². The smallest absolute Gasteiger partial charge is 0.261 e. The Hall–Kier alpha value is -1.11. The molecule has 1 amide bonds. The number of nitrogens with one attached hydrogen (secondary N) is 1. The molecule has 0 saturated carbocycles. The third-order valence-corrected chi connectivity index (χ3v) is 4.59. The summed E-state index contributed by atoms with van der Waals surface area (Å²) in [5.74, 6) is -0.355. The van der Waals surface area contributed by atoms with Gasteiger partial charge in [0.1, 0.15) is 0 Å². The maximum atomic E-state index is 12.1. The van der Waals surface area contributed by atoms with Crippen LogP contribution in [0.5, 0.6) is 0 Å². The summed E-state index contributed by atoms with van der Waals surface area (Å²) < 4.78 is 28.4. The van der Waals surface area contributed by atoms with Crippen molar-refractivity contribution < 1.29 is 17.9 Å². The quantitative estimate of drug-likeness (QED) is 0.811. The lowest BCUT2D eigenvalue weighted by Gasteiger charge is -2.14. The average molecular weight is 334 g/mol. The first-order chi connectivity index (χ1) is 9.66. The van der Waals surface area contributed by atoms with Crippen LogP contribution in [-0.4, -0.2) is 33.6 Å². The van der Waals surface area contributed by atoms with Crippen molar-refractivity contribution in [3.05, 3.63) is 28.8 Å². The van der Waals surface area contributed by atoms with Crippen LogP contribution in [0.15, 0.2) is 17.0 Å². The molecule has 0 aliphatic rings. The highest BCUT2D eigenvalue weighted by Gasteiger charge is 2.18. The Balaban J connectivity index is 2.99. The van der Waals surface area contributed by atoms with E-state index in [2.05, 4.69) is 5.32 Å². The van der Waals surface area contributed by atoms with Gasteiger partial charge < -0.3 is 10.1 Å². The van der Waals surface area contributed by atoms with Gasteiger partial charge in [-0.1, -0.05) is 0 Å². The molecule has 1 aromatic carbocycles. The number of carbonyl (C=O) groups is 1. The molecule has 0 spiro atoms. The molecule has 0 heterocycles. The van der Waals surface area contributed by atoms with E-state index in [-0.39, 0.29) is 22.5 Å². The fourth-order valence-corrected chi connectivity index (χ4v) is 3.17. The molecular weight excluding hydrogens is 314 g/mol. The number of hydrogen-bond donors (Lipinski definition) is 1. The fourth-order valence-electron chi connectivity index (χ4n) is 1.89. The first-order valence-electron chi connectivity index (χ1n) is 6.62. The molecule has 0 saturated heterocycles. The highest BCUT2D eigenvalue weighted by molar-refractivity contribution is 8.13. The second-order valence-electron chi connectivity index (χ2n) is 4.83. The molecule has 21 heavy (non-hydrogen) atoms. The van der Waals surface area contributed by atoms with Crippen molar-refractivity contribution >= 4 is 25.6 Å². The number of amides is 1. The Morgan fingerprint density at radius 2 is 2.00 bits per heavy atom. The van der Waals surface area contributed by atoms with Gasteiger partial charge in [-0.15, -0.1) is 0 Å². The van der Waals surface area contributed by atoms with E-state index < -0.39 is 9.05 Å². The number of ether oxygens (including phenoxy) is 1. The minimum atomic E-state index is -3.88. The van der Waals surface area contributed by atoms with Crippen LogP contribution in [0, 0.1) is 13.8 Å². The summed E-state index contributed by atoms with van der Waals surface area (Å²) >= 11 is 0. The van der Waals surface area contributed by atoms with Gasteiger partial charge in [-0.05, 0) is 51.0 Å². The molecule has 0 aromatic heterocycles. The van der Waals surface area contributed by atoms with Crippen LogP contribution in [0.25, 0.3) is 0 Å². The van der Waals surface area contributed by atoms with Crippen molar-refractivity contribution in [3.8, 4) is 0 Å². The molecule has 0 fully saturated rings. The maximum absolute atomic E-state index is 12.1. The maximum Gasteiger partial charge on any atom is 0.261 e. The van der Waals surface area contributed by atoms with Gasteiger partial charge in [0, 0.05) is 29.4 Å². The molecule has 1 atom stereocenters. The second-order valence-corrected chi connectivity index (χ2v) is 7.36. The molecule has 1 rings (SSSR count). The predicted molar refractivity (Wildman–Crippen MR) is 82.4 cm³/mol. The summed E-state index contributed by atoms with van der Waals surface area (Å²) in [5.41, 5.74) is 1.50. The Bertz CT molecular complexity index is 628. The number of carbonyl (C=O) groups excluding carboxylic acids is 1. The number of benzene rings is 1. The van der Waals surface area contributed by atoms with E-state index in [1.54, 1.807) is 19.9 Å². The topological polar surface area (TPSA) is 72.5 Å². The van der Waals surface area contributed by atoms with Gasteiger partial charge in [0.25, 0.3) is 15.0 Å². The molecular formula is C14H20ClNO4S. The third kappa shape index (κ3) is 4.98. The predicted octanol–water partition coefficient (Wildman–Crippen LogP) is 2.39. The van der Waals surface area contributed by atoms with E-state index in [1.165, 1.54) is 6.07 Å². The van der Waals surface area contributed by atoms with Crippen LogP contribution in [0.1, 0.15) is 35.3 Å². The monoisotopic (exact) mass is 333 g/mol. The van der Waals surface area contributed by atoms with E-state index in [0.29, 0.717) is 24.3 Å². The van der Waals surface area contributed by atoms with Gasteiger partial charge >= 0.3 is 0 Å². The zero-order valence-corrected chi connectivity index (χ0v) is 14.1. The number of rotatable bonds is 6. The molecule has 0 bridgehead atoms. The summed E-state index contributed by atoms with van der Waals surface area (Å²) in [6.45, 7) is 8.03. The molecule has 1 unspecified atom stereocenters. The van der Waals surface area contributed by atoms with E-state index in [1.807, 2.05) is 13.8 Å². The average Bonchev–Trinajstić information content (AvgIpc) is 2.38. The molecule has 7 heteroatoms. The lowest BCUT2D eigenvalue weighted by molar-refractivity contribution is 0.0695. The SMILES string of the molecule is CCOC(C)CNC(=O)c1cc(C)c(C)c(S(=O)(=O)Cl)c1. The minimum Gasteiger partial charge on any atom is -0.377 e. The van der Waals surface area contributed by atoms with E-state index in [9.17, 15) is 13.2 Å². The van der Waals surface area contributed by atoms with Gasteiger partial charge in [0.05, 0.1) is 11.0 Å². The summed E-state index contributed by atoms with van der Waals surface area (Å²) in [4.78, 5) is 12.1. The standard InChI is InChI=1S/C14H20ClNO4S/c1-5-20-10(3)8-16-14(17)12-6-9(2)11(4)13(7-12)21(15,18)19/h6-7,10H,5,8H2,1-4H3,(H,16,17). The van der Waals surface area contributed by atoms with Gasteiger partial charge in [0.2, 0.25) is 0 Å². The van der Waals surface area contributed by atoms with E-state index in [0.717, 1.165) is 0 Å². The summed E-state index contributed by atoms with van der Waals surface area (Å²) in [7, 11) is 1.52. The van der Waals surface area contributed by atoms with E-state index in [4.69, 9.17) is 15.4 Å². The Labute approximate surface area is 130 Å². The van der Waals surface area contributed by atoms with Crippen molar-refractivity contribution in [2.45, 2.75) is 38.7 Å². The normalized spacial score (nSPS) is 13.0. The number of hydrogen-bond acceptors (Lipinski definition) is 4. The summed E-state index contributed by atoms with van der Waals surface area (Å²) in [6.07, 6.45) is -0.110.